The lowest BCUT2D eigenvalue weighted by atomic mass is 10.1. The van der Waals surface area contributed by atoms with Gasteiger partial charge in [0.15, 0.2) is 5.13 Å². The second-order valence-corrected chi connectivity index (χ2v) is 8.64. The number of hydrogen-bond acceptors (Lipinski definition) is 4. The van der Waals surface area contributed by atoms with Crippen molar-refractivity contribution < 1.29 is 4.79 Å². The van der Waals surface area contributed by atoms with Gasteiger partial charge in [0, 0.05) is 36.5 Å². The van der Waals surface area contributed by atoms with Crippen molar-refractivity contribution in [2.75, 3.05) is 18.8 Å². The van der Waals surface area contributed by atoms with Crippen LogP contribution in [-0.4, -0.2) is 39.2 Å². The molecular weight excluding hydrogens is 362 g/mol. The van der Waals surface area contributed by atoms with E-state index in [1.54, 1.807) is 0 Å². The minimum atomic E-state index is 0.118. The first-order chi connectivity index (χ1) is 12.7. The predicted molar refractivity (Wildman–Crippen MR) is 108 cm³/mol. The molecule has 2 aromatic heterocycles. The minimum absolute atomic E-state index is 0.118. The molecule has 0 saturated carbocycles. The Morgan fingerprint density at radius 2 is 1.88 bits per heavy atom. The number of aryl methyl sites for hydroxylation is 1. The van der Waals surface area contributed by atoms with E-state index in [2.05, 4.69) is 35.3 Å². The highest BCUT2D eigenvalue weighted by Gasteiger charge is 2.25. The Morgan fingerprint density at radius 1 is 1.12 bits per heavy atom. The fourth-order valence-electron chi connectivity index (χ4n) is 3.20. The number of amides is 1. The van der Waals surface area contributed by atoms with Crippen molar-refractivity contribution in [3.05, 3.63) is 71.0 Å². The smallest absolute Gasteiger partial charge is 0.265 e. The molecule has 1 aliphatic heterocycles. The lowest BCUT2D eigenvalue weighted by Gasteiger charge is -2.19. The predicted octanol–water partition coefficient (Wildman–Crippen LogP) is 4.56. The SMILES string of the molecule is Cc1nc(-n2cccc2)sc1C(=O)N1CCS[C@@H](c2ccccc2)CC1. The van der Waals surface area contributed by atoms with Crippen molar-refractivity contribution in [2.45, 2.75) is 18.6 Å². The summed E-state index contributed by atoms with van der Waals surface area (Å²) in [6.07, 6.45) is 4.90. The highest BCUT2D eigenvalue weighted by atomic mass is 32.2. The molecule has 0 unspecified atom stereocenters. The van der Waals surface area contributed by atoms with Gasteiger partial charge in [0.25, 0.3) is 5.91 Å². The van der Waals surface area contributed by atoms with Crippen molar-refractivity contribution in [1.82, 2.24) is 14.5 Å². The topological polar surface area (TPSA) is 38.1 Å². The molecule has 6 heteroatoms. The lowest BCUT2D eigenvalue weighted by Crippen LogP contribution is -2.32. The van der Waals surface area contributed by atoms with E-state index in [-0.39, 0.29) is 5.91 Å². The van der Waals surface area contributed by atoms with Crippen molar-refractivity contribution >= 4 is 29.0 Å². The van der Waals surface area contributed by atoms with Crippen LogP contribution >= 0.6 is 23.1 Å². The Kier molecular flexibility index (Phi) is 5.13. The number of hydrogen-bond donors (Lipinski definition) is 0. The first-order valence-electron chi connectivity index (χ1n) is 8.79. The standard InChI is InChI=1S/C20H21N3OS2/c1-15-18(26-20(21-15)23-10-5-6-11-23)19(24)22-12-9-17(25-14-13-22)16-7-3-2-4-8-16/h2-8,10-11,17H,9,12-14H2,1H3/t17-/m1/s1. The van der Waals surface area contributed by atoms with Crippen LogP contribution in [0.3, 0.4) is 0 Å². The molecule has 1 amide bonds. The summed E-state index contributed by atoms with van der Waals surface area (Å²) in [5.41, 5.74) is 2.18. The van der Waals surface area contributed by atoms with Crippen molar-refractivity contribution in [1.29, 1.82) is 0 Å². The fourth-order valence-corrected chi connectivity index (χ4v) is 5.44. The van der Waals surface area contributed by atoms with Crippen LogP contribution in [0.25, 0.3) is 5.13 Å². The van der Waals surface area contributed by atoms with E-state index >= 15 is 0 Å². The molecule has 1 fully saturated rings. The number of benzene rings is 1. The monoisotopic (exact) mass is 383 g/mol. The van der Waals surface area contributed by atoms with E-state index in [0.29, 0.717) is 5.25 Å². The van der Waals surface area contributed by atoms with Gasteiger partial charge in [-0.05, 0) is 31.0 Å². The normalized spacial score (nSPS) is 17.9. The second-order valence-electron chi connectivity index (χ2n) is 6.35. The van der Waals surface area contributed by atoms with Crippen LogP contribution in [0.15, 0.2) is 54.9 Å². The summed E-state index contributed by atoms with van der Waals surface area (Å²) in [6, 6.07) is 14.5. The van der Waals surface area contributed by atoms with Crippen LogP contribution in [0.2, 0.25) is 0 Å². The molecule has 134 valence electrons. The minimum Gasteiger partial charge on any atom is -0.337 e. The highest BCUT2D eigenvalue weighted by molar-refractivity contribution is 7.99. The fraction of sp³-hybridized carbons (Fsp3) is 0.300. The third-order valence-corrected chi connectivity index (χ3v) is 7.09. The zero-order valence-corrected chi connectivity index (χ0v) is 16.3. The molecule has 0 spiro atoms. The van der Waals surface area contributed by atoms with Gasteiger partial charge in [0.2, 0.25) is 0 Å². The first-order valence-corrected chi connectivity index (χ1v) is 10.7. The van der Waals surface area contributed by atoms with Gasteiger partial charge in [-0.3, -0.25) is 4.79 Å². The number of carbonyl (C=O) groups excluding carboxylic acids is 1. The number of rotatable bonds is 3. The maximum absolute atomic E-state index is 13.1. The molecule has 3 heterocycles. The Morgan fingerprint density at radius 3 is 2.65 bits per heavy atom. The van der Waals surface area contributed by atoms with E-state index < -0.39 is 0 Å². The molecule has 1 aromatic carbocycles. The molecule has 4 nitrogen and oxygen atoms in total. The van der Waals surface area contributed by atoms with Crippen LogP contribution in [-0.2, 0) is 0 Å². The van der Waals surface area contributed by atoms with Gasteiger partial charge in [0.1, 0.15) is 4.88 Å². The van der Waals surface area contributed by atoms with Crippen LogP contribution in [0.5, 0.6) is 0 Å². The quantitative estimate of drug-likeness (QED) is 0.665. The molecule has 0 bridgehead atoms. The van der Waals surface area contributed by atoms with E-state index in [4.69, 9.17) is 0 Å². The van der Waals surface area contributed by atoms with E-state index in [1.165, 1.54) is 16.9 Å². The Balaban J connectivity index is 1.49. The molecule has 1 atom stereocenters. The summed E-state index contributed by atoms with van der Waals surface area (Å²) < 4.78 is 1.96. The summed E-state index contributed by atoms with van der Waals surface area (Å²) in [5, 5.41) is 1.31. The number of carbonyl (C=O) groups is 1. The van der Waals surface area contributed by atoms with Gasteiger partial charge >= 0.3 is 0 Å². The summed E-state index contributed by atoms with van der Waals surface area (Å²) in [6.45, 7) is 3.51. The van der Waals surface area contributed by atoms with Crippen LogP contribution in [0.1, 0.15) is 32.6 Å². The maximum Gasteiger partial charge on any atom is 0.265 e. The Bertz CT molecular complexity index is 874. The second kappa shape index (κ2) is 7.68. The van der Waals surface area contributed by atoms with Crippen LogP contribution in [0, 0.1) is 6.92 Å². The summed E-state index contributed by atoms with van der Waals surface area (Å²) in [7, 11) is 0. The van der Waals surface area contributed by atoms with E-state index in [1.807, 2.05) is 52.7 Å². The Labute approximate surface area is 161 Å². The summed E-state index contributed by atoms with van der Waals surface area (Å²) in [5.74, 6) is 1.08. The van der Waals surface area contributed by atoms with Gasteiger partial charge < -0.3 is 9.47 Å². The molecule has 4 rings (SSSR count). The van der Waals surface area contributed by atoms with E-state index in [0.717, 1.165) is 41.0 Å². The largest absolute Gasteiger partial charge is 0.337 e. The Hall–Kier alpha value is -2.05. The van der Waals surface area contributed by atoms with Gasteiger partial charge in [-0.25, -0.2) is 4.98 Å². The molecule has 3 aromatic rings. The van der Waals surface area contributed by atoms with Gasteiger partial charge in [-0.15, -0.1) is 0 Å². The first kappa shape index (κ1) is 17.4. The van der Waals surface area contributed by atoms with Crippen molar-refractivity contribution in [3.8, 4) is 5.13 Å². The van der Waals surface area contributed by atoms with Crippen molar-refractivity contribution in [2.24, 2.45) is 0 Å². The number of thiazole rings is 1. The lowest BCUT2D eigenvalue weighted by molar-refractivity contribution is 0.0770. The van der Waals surface area contributed by atoms with Gasteiger partial charge in [-0.2, -0.15) is 11.8 Å². The highest BCUT2D eigenvalue weighted by Crippen LogP contribution is 2.35. The molecule has 0 radical (unpaired) electrons. The number of thioether (sulfide) groups is 1. The molecule has 1 saturated heterocycles. The summed E-state index contributed by atoms with van der Waals surface area (Å²) >= 11 is 3.43. The zero-order chi connectivity index (χ0) is 17.9. The average molecular weight is 384 g/mol. The van der Waals surface area contributed by atoms with E-state index in [9.17, 15) is 4.79 Å². The third kappa shape index (κ3) is 3.57. The van der Waals surface area contributed by atoms with Crippen molar-refractivity contribution in [3.63, 3.8) is 0 Å². The molecule has 0 aliphatic carbocycles. The average Bonchev–Trinajstić information content (AvgIpc) is 3.26. The van der Waals surface area contributed by atoms with Crippen LogP contribution in [0.4, 0.5) is 0 Å². The number of aromatic nitrogens is 2. The molecular formula is C20H21N3OS2. The maximum atomic E-state index is 13.1. The van der Waals surface area contributed by atoms with Crippen LogP contribution < -0.4 is 0 Å². The summed E-state index contributed by atoms with van der Waals surface area (Å²) in [4.78, 5) is 20.4. The molecule has 1 aliphatic rings. The van der Waals surface area contributed by atoms with Gasteiger partial charge in [-0.1, -0.05) is 41.7 Å². The molecule has 26 heavy (non-hydrogen) atoms. The molecule has 0 N–H and O–H groups in total. The van der Waals surface area contributed by atoms with Gasteiger partial charge in [0.05, 0.1) is 5.69 Å². The zero-order valence-electron chi connectivity index (χ0n) is 14.7. The number of nitrogens with zero attached hydrogens (tertiary/aromatic N) is 3. The third-order valence-electron chi connectivity index (χ3n) is 4.60.